The molecule has 2 aliphatic heterocycles. The number of piperazine rings is 1. The molecule has 1 fully saturated rings. The van der Waals surface area contributed by atoms with E-state index in [1.165, 1.54) is 11.0 Å². The summed E-state index contributed by atoms with van der Waals surface area (Å²) in [7, 11) is 2.06. The number of imide groups is 1. The smallest absolute Gasteiger partial charge is 0.331 e. The molecule has 7 nitrogen and oxygen atoms in total. The zero-order chi connectivity index (χ0) is 23.4. The van der Waals surface area contributed by atoms with Crippen LogP contribution in [0.25, 0.3) is 6.08 Å². The number of amides is 2. The molecule has 2 aliphatic rings. The van der Waals surface area contributed by atoms with Crippen molar-refractivity contribution >= 4 is 35.5 Å². The zero-order valence-corrected chi connectivity index (χ0v) is 19.2. The highest BCUT2D eigenvalue weighted by molar-refractivity contribution is 6.30. The first-order valence-electron chi connectivity index (χ1n) is 10.9. The lowest BCUT2D eigenvalue weighted by atomic mass is 10.1. The predicted octanol–water partition coefficient (Wildman–Crippen LogP) is 2.81. The highest BCUT2D eigenvalue weighted by Crippen LogP contribution is 2.23. The highest BCUT2D eigenvalue weighted by atomic mass is 35.5. The number of likely N-dealkylation sites (N-methyl/N-ethyl adjacent to an activating group) is 1. The molecular weight excluding hydrogens is 442 g/mol. The van der Waals surface area contributed by atoms with Crippen molar-refractivity contribution in [2.24, 2.45) is 0 Å². The monoisotopic (exact) mass is 467 g/mol. The summed E-state index contributed by atoms with van der Waals surface area (Å²) in [6.07, 6.45) is 2.36. The number of rotatable bonds is 7. The molecule has 2 aromatic rings. The molecule has 8 heteroatoms. The summed E-state index contributed by atoms with van der Waals surface area (Å²) in [5.74, 6) is -1.24. The molecule has 0 saturated carbocycles. The topological polar surface area (TPSA) is 70.2 Å². The van der Waals surface area contributed by atoms with Crippen LogP contribution in [0.15, 0.2) is 54.6 Å². The molecule has 0 spiro atoms. The van der Waals surface area contributed by atoms with Gasteiger partial charge in [0.1, 0.15) is 6.10 Å². The molecule has 0 aromatic heterocycles. The largest absolute Gasteiger partial charge is 0.456 e. The number of halogens is 1. The fraction of sp³-hybridized carbons (Fsp3) is 0.320. The predicted molar refractivity (Wildman–Crippen MR) is 126 cm³/mol. The third kappa shape index (κ3) is 5.68. The van der Waals surface area contributed by atoms with Crippen molar-refractivity contribution in [2.45, 2.75) is 6.10 Å². The fourth-order valence-corrected chi connectivity index (χ4v) is 4.13. The van der Waals surface area contributed by atoms with Crippen LogP contribution in [-0.2, 0) is 9.53 Å². The fourth-order valence-electron chi connectivity index (χ4n) is 4.00. The first kappa shape index (κ1) is 23.2. The Labute approximate surface area is 198 Å². The van der Waals surface area contributed by atoms with Gasteiger partial charge in [0.25, 0.3) is 11.8 Å². The number of ether oxygens (including phenoxy) is 1. The molecule has 4 rings (SSSR count). The maximum Gasteiger partial charge on any atom is 0.331 e. The number of hydrogen-bond donors (Lipinski definition) is 0. The number of carbonyl (C=O) groups is 3. The second kappa shape index (κ2) is 10.3. The lowest BCUT2D eigenvalue weighted by molar-refractivity contribution is -0.144. The molecule has 0 radical (unpaired) electrons. The zero-order valence-electron chi connectivity index (χ0n) is 18.4. The molecule has 1 atom stereocenters. The van der Waals surface area contributed by atoms with Gasteiger partial charge in [-0.05, 0) is 43.0 Å². The minimum absolute atomic E-state index is 0.0131. The van der Waals surface area contributed by atoms with Crippen molar-refractivity contribution in [2.75, 3.05) is 46.3 Å². The second-order valence-corrected chi connectivity index (χ2v) is 8.75. The van der Waals surface area contributed by atoms with E-state index in [-0.39, 0.29) is 18.4 Å². The van der Waals surface area contributed by atoms with E-state index in [0.29, 0.717) is 22.7 Å². The molecule has 0 bridgehead atoms. The summed E-state index contributed by atoms with van der Waals surface area (Å²) in [6.45, 7) is 3.93. The van der Waals surface area contributed by atoms with E-state index in [1.807, 2.05) is 0 Å². The number of hydrogen-bond acceptors (Lipinski definition) is 6. The Morgan fingerprint density at radius 2 is 1.58 bits per heavy atom. The van der Waals surface area contributed by atoms with Crippen molar-refractivity contribution in [1.29, 1.82) is 0 Å². The van der Waals surface area contributed by atoms with Gasteiger partial charge < -0.3 is 9.64 Å². The van der Waals surface area contributed by atoms with Crippen molar-refractivity contribution in [3.05, 3.63) is 76.3 Å². The van der Waals surface area contributed by atoms with E-state index in [2.05, 4.69) is 16.8 Å². The van der Waals surface area contributed by atoms with Gasteiger partial charge >= 0.3 is 5.97 Å². The van der Waals surface area contributed by atoms with Crippen molar-refractivity contribution < 1.29 is 19.1 Å². The molecular formula is C25H26ClN3O4. The van der Waals surface area contributed by atoms with Crippen LogP contribution in [0.3, 0.4) is 0 Å². The van der Waals surface area contributed by atoms with Crippen molar-refractivity contribution in [3.63, 3.8) is 0 Å². The molecule has 1 unspecified atom stereocenters. The van der Waals surface area contributed by atoms with Gasteiger partial charge in [0.05, 0.1) is 17.7 Å². The van der Waals surface area contributed by atoms with Crippen molar-refractivity contribution in [1.82, 2.24) is 14.7 Å². The molecule has 2 heterocycles. The van der Waals surface area contributed by atoms with E-state index < -0.39 is 12.1 Å². The second-order valence-electron chi connectivity index (χ2n) is 8.31. The van der Waals surface area contributed by atoms with Crippen molar-refractivity contribution in [3.8, 4) is 0 Å². The average Bonchev–Trinajstić information content (AvgIpc) is 3.05. The molecule has 2 aromatic carbocycles. The molecule has 0 N–H and O–H groups in total. The molecule has 0 aliphatic carbocycles. The first-order chi connectivity index (χ1) is 15.9. The van der Waals surface area contributed by atoms with E-state index in [0.717, 1.165) is 31.7 Å². The Morgan fingerprint density at radius 3 is 2.18 bits per heavy atom. The maximum atomic E-state index is 12.8. The highest BCUT2D eigenvalue weighted by Gasteiger charge is 2.37. The normalized spacial score (nSPS) is 18.1. The standard InChI is InChI=1S/C25H26ClN3O4/c1-27-12-14-28(15-13-27)16-20(33-23(30)11-8-18-6-9-19(26)10-7-18)17-29-24(31)21-4-2-3-5-22(21)25(29)32/h2-11,20H,12-17H2,1H3/b11-8+. The van der Waals surface area contributed by atoms with Crippen LogP contribution in [0.2, 0.25) is 5.02 Å². The first-order valence-corrected chi connectivity index (χ1v) is 11.3. The van der Waals surface area contributed by atoms with Crippen LogP contribution in [0.5, 0.6) is 0 Å². The van der Waals surface area contributed by atoms with Crippen LogP contribution >= 0.6 is 11.6 Å². The maximum absolute atomic E-state index is 12.8. The van der Waals surface area contributed by atoms with Crippen LogP contribution in [0.1, 0.15) is 26.3 Å². The van der Waals surface area contributed by atoms with E-state index in [1.54, 1.807) is 54.6 Å². The van der Waals surface area contributed by atoms with Gasteiger partial charge in [-0.2, -0.15) is 0 Å². The molecule has 2 amide bonds. The van der Waals surface area contributed by atoms with Gasteiger partial charge in [-0.3, -0.25) is 19.4 Å². The minimum atomic E-state index is -0.641. The minimum Gasteiger partial charge on any atom is -0.456 e. The number of nitrogens with zero attached hydrogens (tertiary/aromatic N) is 3. The van der Waals surface area contributed by atoms with Gasteiger partial charge in [0.15, 0.2) is 0 Å². The number of fused-ring (bicyclic) bond motifs is 1. The molecule has 1 saturated heterocycles. The number of esters is 1. The SMILES string of the molecule is CN1CCN(CC(CN2C(=O)c3ccccc3C2=O)OC(=O)/C=C/c2ccc(Cl)cc2)CC1. The van der Waals surface area contributed by atoms with Crippen LogP contribution in [0, 0.1) is 0 Å². The lowest BCUT2D eigenvalue weighted by Crippen LogP contribution is -2.50. The average molecular weight is 468 g/mol. The van der Waals surface area contributed by atoms with E-state index in [9.17, 15) is 14.4 Å². The summed E-state index contributed by atoms with van der Waals surface area (Å²) >= 11 is 5.90. The third-order valence-corrected chi connectivity index (χ3v) is 6.14. The van der Waals surface area contributed by atoms with Gasteiger partial charge in [-0.25, -0.2) is 4.79 Å². The summed E-state index contributed by atoms with van der Waals surface area (Å²) in [6, 6.07) is 13.8. The van der Waals surface area contributed by atoms with Gasteiger partial charge in [-0.1, -0.05) is 35.9 Å². The Hall–Kier alpha value is -3.00. The van der Waals surface area contributed by atoms with Gasteiger partial charge in [0, 0.05) is 43.8 Å². The summed E-state index contributed by atoms with van der Waals surface area (Å²) in [5.41, 5.74) is 1.58. The Morgan fingerprint density at radius 1 is 0.970 bits per heavy atom. The van der Waals surface area contributed by atoms with Crippen LogP contribution in [-0.4, -0.2) is 84.9 Å². The Balaban J connectivity index is 1.46. The summed E-state index contributed by atoms with van der Waals surface area (Å²) in [4.78, 5) is 43.8. The third-order valence-electron chi connectivity index (χ3n) is 5.89. The number of carbonyl (C=O) groups excluding carboxylic acids is 3. The summed E-state index contributed by atoms with van der Waals surface area (Å²) in [5, 5.41) is 0.614. The lowest BCUT2D eigenvalue weighted by Gasteiger charge is -2.35. The summed E-state index contributed by atoms with van der Waals surface area (Å²) < 4.78 is 5.73. The van der Waals surface area contributed by atoms with Gasteiger partial charge in [0.2, 0.25) is 0 Å². The van der Waals surface area contributed by atoms with Gasteiger partial charge in [-0.15, -0.1) is 0 Å². The van der Waals surface area contributed by atoms with Crippen LogP contribution in [0.4, 0.5) is 0 Å². The Kier molecular flexibility index (Phi) is 7.23. The van der Waals surface area contributed by atoms with E-state index >= 15 is 0 Å². The van der Waals surface area contributed by atoms with Crippen LogP contribution < -0.4 is 0 Å². The molecule has 33 heavy (non-hydrogen) atoms. The Bertz CT molecular complexity index is 1030. The molecule has 172 valence electrons. The number of benzene rings is 2. The van der Waals surface area contributed by atoms with E-state index in [4.69, 9.17) is 16.3 Å². The quantitative estimate of drug-likeness (QED) is 0.354.